The molecule has 0 fully saturated rings. The Kier molecular flexibility index (Phi) is 7.58. The Hall–Kier alpha value is -0.0400. The van der Waals surface area contributed by atoms with Gasteiger partial charge in [-0.25, -0.2) is 0 Å². The third kappa shape index (κ3) is 4.76. The Labute approximate surface area is 77.9 Å². The second-order valence-corrected chi connectivity index (χ2v) is 3.76. The van der Waals surface area contributed by atoms with Crippen LogP contribution in [-0.4, -0.2) is 13.1 Å². The summed E-state index contributed by atoms with van der Waals surface area (Å²) in [6, 6.07) is 0. The SMILES string of the molecule is CCCNCC(C)C(CC)CC. The van der Waals surface area contributed by atoms with E-state index in [4.69, 9.17) is 0 Å². The predicted octanol–water partition coefficient (Wildman–Crippen LogP) is 3.06. The number of hydrogen-bond donors (Lipinski definition) is 1. The predicted molar refractivity (Wildman–Crippen MR) is 56.4 cm³/mol. The maximum absolute atomic E-state index is 3.48. The number of rotatable bonds is 7. The topological polar surface area (TPSA) is 12.0 Å². The minimum Gasteiger partial charge on any atom is -0.316 e. The molecule has 74 valence electrons. The quantitative estimate of drug-likeness (QED) is 0.580. The van der Waals surface area contributed by atoms with Crippen molar-refractivity contribution >= 4 is 0 Å². The molecule has 0 aliphatic carbocycles. The highest BCUT2D eigenvalue weighted by molar-refractivity contribution is 4.65. The van der Waals surface area contributed by atoms with Gasteiger partial charge in [-0.05, 0) is 31.3 Å². The molecule has 0 spiro atoms. The fourth-order valence-corrected chi connectivity index (χ4v) is 1.77. The van der Waals surface area contributed by atoms with E-state index in [0.29, 0.717) is 0 Å². The van der Waals surface area contributed by atoms with E-state index in [1.807, 2.05) is 0 Å². The van der Waals surface area contributed by atoms with Crippen molar-refractivity contribution in [3.8, 4) is 0 Å². The monoisotopic (exact) mass is 171 g/mol. The maximum atomic E-state index is 3.48. The highest BCUT2D eigenvalue weighted by atomic mass is 14.8. The molecule has 1 atom stereocenters. The van der Waals surface area contributed by atoms with Crippen molar-refractivity contribution in [1.29, 1.82) is 0 Å². The summed E-state index contributed by atoms with van der Waals surface area (Å²) in [5.74, 6) is 1.75. The first-order valence-electron chi connectivity index (χ1n) is 5.46. The Bertz CT molecular complexity index is 87.0. The molecular weight excluding hydrogens is 146 g/mol. The van der Waals surface area contributed by atoms with Crippen molar-refractivity contribution in [2.45, 2.75) is 47.0 Å². The van der Waals surface area contributed by atoms with Crippen LogP contribution in [0.1, 0.15) is 47.0 Å². The maximum Gasteiger partial charge on any atom is -0.00205 e. The lowest BCUT2D eigenvalue weighted by Crippen LogP contribution is -2.26. The molecule has 0 bridgehead atoms. The largest absolute Gasteiger partial charge is 0.316 e. The van der Waals surface area contributed by atoms with Crippen LogP contribution in [0, 0.1) is 11.8 Å². The van der Waals surface area contributed by atoms with Gasteiger partial charge < -0.3 is 5.32 Å². The number of hydrogen-bond acceptors (Lipinski definition) is 1. The minimum atomic E-state index is 0.839. The first-order chi connectivity index (χ1) is 5.76. The summed E-state index contributed by atoms with van der Waals surface area (Å²) in [7, 11) is 0. The van der Waals surface area contributed by atoms with Crippen LogP contribution in [0.3, 0.4) is 0 Å². The first kappa shape index (κ1) is 12.0. The van der Waals surface area contributed by atoms with Gasteiger partial charge in [0.1, 0.15) is 0 Å². The molecule has 0 rings (SSSR count). The molecule has 1 nitrogen and oxygen atoms in total. The van der Waals surface area contributed by atoms with Gasteiger partial charge >= 0.3 is 0 Å². The lowest BCUT2D eigenvalue weighted by Gasteiger charge is -2.21. The molecule has 0 radical (unpaired) electrons. The zero-order valence-electron chi connectivity index (χ0n) is 9.19. The molecule has 0 aromatic heterocycles. The van der Waals surface area contributed by atoms with Crippen molar-refractivity contribution < 1.29 is 0 Å². The van der Waals surface area contributed by atoms with Crippen molar-refractivity contribution in [3.63, 3.8) is 0 Å². The number of nitrogens with one attached hydrogen (secondary N) is 1. The summed E-state index contributed by atoms with van der Waals surface area (Å²) in [4.78, 5) is 0. The highest BCUT2D eigenvalue weighted by Crippen LogP contribution is 2.17. The summed E-state index contributed by atoms with van der Waals surface area (Å²) >= 11 is 0. The molecule has 0 aromatic rings. The molecule has 0 amide bonds. The Morgan fingerprint density at radius 1 is 1.08 bits per heavy atom. The molecule has 0 aliphatic heterocycles. The van der Waals surface area contributed by atoms with Gasteiger partial charge in [0.2, 0.25) is 0 Å². The summed E-state index contributed by atoms with van der Waals surface area (Å²) in [5.41, 5.74) is 0. The van der Waals surface area contributed by atoms with Crippen LogP contribution in [0.2, 0.25) is 0 Å². The normalized spacial score (nSPS) is 13.8. The smallest absolute Gasteiger partial charge is 0.00205 e. The summed E-state index contributed by atoms with van der Waals surface area (Å²) in [6.45, 7) is 11.5. The summed E-state index contributed by atoms with van der Waals surface area (Å²) < 4.78 is 0. The molecule has 0 aromatic carbocycles. The van der Waals surface area contributed by atoms with Crippen LogP contribution in [0.15, 0.2) is 0 Å². The fourth-order valence-electron chi connectivity index (χ4n) is 1.77. The molecule has 0 saturated carbocycles. The van der Waals surface area contributed by atoms with Gasteiger partial charge in [0.25, 0.3) is 0 Å². The summed E-state index contributed by atoms with van der Waals surface area (Å²) in [5, 5.41) is 3.48. The lowest BCUT2D eigenvalue weighted by molar-refractivity contribution is 0.323. The fraction of sp³-hybridized carbons (Fsp3) is 1.00. The zero-order chi connectivity index (χ0) is 9.40. The van der Waals surface area contributed by atoms with Crippen LogP contribution in [0.4, 0.5) is 0 Å². The molecule has 0 aliphatic rings. The van der Waals surface area contributed by atoms with E-state index in [0.717, 1.165) is 11.8 Å². The van der Waals surface area contributed by atoms with E-state index in [1.165, 1.54) is 32.4 Å². The molecule has 1 heteroatoms. The highest BCUT2D eigenvalue weighted by Gasteiger charge is 2.11. The third-order valence-electron chi connectivity index (χ3n) is 2.75. The van der Waals surface area contributed by atoms with Crippen molar-refractivity contribution in [3.05, 3.63) is 0 Å². The average molecular weight is 171 g/mol. The lowest BCUT2D eigenvalue weighted by atomic mass is 9.89. The standard InChI is InChI=1S/C11H25N/c1-5-8-12-9-10(4)11(6-2)7-3/h10-12H,5-9H2,1-4H3. The van der Waals surface area contributed by atoms with Crippen LogP contribution in [0.5, 0.6) is 0 Å². The van der Waals surface area contributed by atoms with E-state index in [-0.39, 0.29) is 0 Å². The molecular formula is C11H25N. The van der Waals surface area contributed by atoms with E-state index in [9.17, 15) is 0 Å². The molecule has 0 heterocycles. The summed E-state index contributed by atoms with van der Waals surface area (Å²) in [6.07, 6.45) is 3.90. The zero-order valence-corrected chi connectivity index (χ0v) is 9.19. The molecule has 1 unspecified atom stereocenters. The Morgan fingerprint density at radius 2 is 1.67 bits per heavy atom. The average Bonchev–Trinajstić information content (AvgIpc) is 2.07. The molecule has 0 saturated heterocycles. The second-order valence-electron chi connectivity index (χ2n) is 3.76. The van der Waals surface area contributed by atoms with Gasteiger partial charge in [-0.15, -0.1) is 0 Å². The minimum absolute atomic E-state index is 0.839. The van der Waals surface area contributed by atoms with Crippen LogP contribution in [0.25, 0.3) is 0 Å². The van der Waals surface area contributed by atoms with Crippen molar-refractivity contribution in [2.24, 2.45) is 11.8 Å². The second kappa shape index (κ2) is 7.60. The van der Waals surface area contributed by atoms with Crippen molar-refractivity contribution in [2.75, 3.05) is 13.1 Å². The van der Waals surface area contributed by atoms with Crippen LogP contribution in [-0.2, 0) is 0 Å². The van der Waals surface area contributed by atoms with Crippen molar-refractivity contribution in [1.82, 2.24) is 5.32 Å². The van der Waals surface area contributed by atoms with Gasteiger partial charge in [0.15, 0.2) is 0 Å². The van der Waals surface area contributed by atoms with E-state index >= 15 is 0 Å². The van der Waals surface area contributed by atoms with Gasteiger partial charge in [-0.1, -0.05) is 40.5 Å². The van der Waals surface area contributed by atoms with Gasteiger partial charge in [-0.2, -0.15) is 0 Å². The first-order valence-corrected chi connectivity index (χ1v) is 5.46. The Balaban J connectivity index is 3.47. The Morgan fingerprint density at radius 3 is 2.08 bits per heavy atom. The van der Waals surface area contributed by atoms with E-state index in [1.54, 1.807) is 0 Å². The van der Waals surface area contributed by atoms with Crippen LogP contribution < -0.4 is 5.32 Å². The van der Waals surface area contributed by atoms with E-state index in [2.05, 4.69) is 33.0 Å². The van der Waals surface area contributed by atoms with E-state index < -0.39 is 0 Å². The van der Waals surface area contributed by atoms with Gasteiger partial charge in [-0.3, -0.25) is 0 Å². The third-order valence-corrected chi connectivity index (χ3v) is 2.75. The van der Waals surface area contributed by atoms with Gasteiger partial charge in [0, 0.05) is 0 Å². The van der Waals surface area contributed by atoms with Gasteiger partial charge in [0.05, 0.1) is 0 Å². The molecule has 12 heavy (non-hydrogen) atoms. The molecule has 1 N–H and O–H groups in total. The van der Waals surface area contributed by atoms with Crippen LogP contribution >= 0.6 is 0 Å².